The van der Waals surface area contributed by atoms with Crippen LogP contribution < -0.4 is 4.48 Å². The van der Waals surface area contributed by atoms with Gasteiger partial charge in [0.25, 0.3) is 0 Å². The Kier molecular flexibility index (Phi) is 3.06. The van der Waals surface area contributed by atoms with Crippen LogP contribution in [0.15, 0.2) is 30.0 Å². The van der Waals surface area contributed by atoms with Crippen molar-refractivity contribution in [3.05, 3.63) is 35.5 Å². The van der Waals surface area contributed by atoms with E-state index in [4.69, 9.17) is 4.74 Å². The zero-order chi connectivity index (χ0) is 14.3. The highest BCUT2D eigenvalue weighted by Crippen LogP contribution is 2.39. The number of ether oxygens (including phenoxy) is 1. The van der Waals surface area contributed by atoms with Gasteiger partial charge in [-0.25, -0.2) is 0 Å². The lowest BCUT2D eigenvalue weighted by Gasteiger charge is -2.29. The Morgan fingerprint density at radius 1 is 1.26 bits per heavy atom. The predicted molar refractivity (Wildman–Crippen MR) is 74.4 cm³/mol. The van der Waals surface area contributed by atoms with Crippen LogP contribution in [0.3, 0.4) is 0 Å². The molecule has 1 aromatic carbocycles. The van der Waals surface area contributed by atoms with Gasteiger partial charge < -0.3 is 4.74 Å². The summed E-state index contributed by atoms with van der Waals surface area (Å²) in [5.74, 6) is 0. The number of benzene rings is 1. The van der Waals surface area contributed by atoms with Gasteiger partial charge in [0.1, 0.15) is 5.60 Å². The van der Waals surface area contributed by atoms with E-state index in [9.17, 15) is 9.59 Å². The quantitative estimate of drug-likeness (QED) is 0.575. The van der Waals surface area contributed by atoms with Crippen LogP contribution in [0.4, 0.5) is 10.5 Å². The number of carbonyl (C=O) groups excluding carboxylic acids is 2. The summed E-state index contributed by atoms with van der Waals surface area (Å²) in [7, 11) is 1.68. The number of hydrogen-bond acceptors (Lipinski definition) is 3. The van der Waals surface area contributed by atoms with Gasteiger partial charge in [-0.1, -0.05) is 12.1 Å². The zero-order valence-electron chi connectivity index (χ0n) is 11.6. The summed E-state index contributed by atoms with van der Waals surface area (Å²) in [6.07, 6.45) is 1.99. The molecule has 1 amide bonds. The first-order valence-electron chi connectivity index (χ1n) is 6.16. The summed E-state index contributed by atoms with van der Waals surface area (Å²) >= 11 is 0. The van der Waals surface area contributed by atoms with Crippen molar-refractivity contribution in [1.29, 1.82) is 0 Å². The number of aldehydes is 1. The maximum Gasteiger partial charge on any atom is 0.526 e. The maximum atomic E-state index is 12.5. The molecule has 4 heteroatoms. The Hall–Kier alpha value is -1.94. The van der Waals surface area contributed by atoms with Gasteiger partial charge >= 0.3 is 6.09 Å². The molecule has 0 radical (unpaired) electrons. The lowest BCUT2D eigenvalue weighted by Crippen LogP contribution is -2.51. The second-order valence-electron chi connectivity index (χ2n) is 5.73. The number of para-hydroxylation sites is 1. The average Bonchev–Trinajstić information content (AvgIpc) is 2.62. The van der Waals surface area contributed by atoms with Gasteiger partial charge in [0, 0.05) is 17.7 Å². The van der Waals surface area contributed by atoms with Crippen LogP contribution in [-0.2, 0) is 9.53 Å². The fraction of sp³-hybridized carbons (Fsp3) is 0.333. The van der Waals surface area contributed by atoms with Gasteiger partial charge in [0.05, 0.1) is 7.05 Å². The summed E-state index contributed by atoms with van der Waals surface area (Å²) in [6.45, 7) is 5.43. The number of nitrogens with zero attached hydrogens (tertiary/aromatic N) is 1. The largest absolute Gasteiger partial charge is 0.526 e. The standard InChI is InChI=1S/C15H18NO3/c1-15(2,3)19-14(18)16(4)12(10-17)9-11-7-5-6-8-13(11)16/h5-10H,1-4H3/q+1/t16-/m1/s1. The number of amides is 1. The molecule has 0 fully saturated rings. The zero-order valence-corrected chi connectivity index (χ0v) is 11.6. The normalized spacial score (nSPS) is 21.6. The first-order chi connectivity index (χ1) is 8.79. The van der Waals surface area contributed by atoms with E-state index >= 15 is 0 Å². The van der Waals surface area contributed by atoms with E-state index in [1.54, 1.807) is 13.1 Å². The SMILES string of the molecule is CC(C)(C)OC(=O)[N@+]1(C)C(C=O)=Cc2ccccc21. The minimum atomic E-state index is -0.593. The molecule has 100 valence electrons. The third-order valence-electron chi connectivity index (χ3n) is 3.12. The summed E-state index contributed by atoms with van der Waals surface area (Å²) in [4.78, 5) is 23.7. The molecule has 4 nitrogen and oxygen atoms in total. The highest BCUT2D eigenvalue weighted by molar-refractivity contribution is 6.03. The molecular formula is C15H18NO3+. The van der Waals surface area contributed by atoms with Crippen molar-refractivity contribution >= 4 is 24.1 Å². The molecule has 1 aliphatic rings. The number of quaternary nitrogens is 1. The molecule has 0 saturated carbocycles. The van der Waals surface area contributed by atoms with E-state index in [1.807, 2.05) is 45.0 Å². The molecule has 0 aromatic heterocycles. The van der Waals surface area contributed by atoms with Crippen LogP contribution in [0.5, 0.6) is 0 Å². The van der Waals surface area contributed by atoms with Crippen molar-refractivity contribution < 1.29 is 14.3 Å². The molecule has 0 unspecified atom stereocenters. The van der Waals surface area contributed by atoms with Crippen molar-refractivity contribution in [3.63, 3.8) is 0 Å². The molecule has 2 rings (SSSR count). The van der Waals surface area contributed by atoms with Gasteiger partial charge in [-0.2, -0.15) is 9.28 Å². The van der Waals surface area contributed by atoms with E-state index < -0.39 is 11.7 Å². The summed E-state index contributed by atoms with van der Waals surface area (Å²) in [6, 6.07) is 7.45. The second-order valence-corrected chi connectivity index (χ2v) is 5.73. The molecule has 0 spiro atoms. The topological polar surface area (TPSA) is 43.4 Å². The predicted octanol–water partition coefficient (Wildman–Crippen LogP) is 3.11. The van der Waals surface area contributed by atoms with Crippen LogP contribution in [0.1, 0.15) is 26.3 Å². The monoisotopic (exact) mass is 260 g/mol. The highest BCUT2D eigenvalue weighted by atomic mass is 16.6. The molecule has 0 aliphatic carbocycles. The van der Waals surface area contributed by atoms with Crippen LogP contribution in [0, 0.1) is 0 Å². The molecule has 1 atom stereocenters. The second kappa shape index (κ2) is 4.31. The van der Waals surface area contributed by atoms with E-state index in [0.29, 0.717) is 12.0 Å². The first-order valence-corrected chi connectivity index (χ1v) is 6.16. The number of hydrogen-bond donors (Lipinski definition) is 0. The average molecular weight is 260 g/mol. The first kappa shape index (κ1) is 13.5. The van der Waals surface area contributed by atoms with Crippen LogP contribution in [-0.4, -0.2) is 25.0 Å². The van der Waals surface area contributed by atoms with E-state index in [1.165, 1.54) is 0 Å². The third-order valence-corrected chi connectivity index (χ3v) is 3.12. The summed E-state index contributed by atoms with van der Waals surface area (Å²) < 4.78 is 5.21. The van der Waals surface area contributed by atoms with Gasteiger partial charge in [-0.05, 0) is 26.8 Å². The molecule has 1 aromatic rings. The fourth-order valence-electron chi connectivity index (χ4n) is 2.14. The molecule has 0 N–H and O–H groups in total. The Morgan fingerprint density at radius 3 is 2.47 bits per heavy atom. The molecule has 0 bridgehead atoms. The van der Waals surface area contributed by atoms with Gasteiger partial charge in [0.2, 0.25) is 6.29 Å². The van der Waals surface area contributed by atoms with Crippen molar-refractivity contribution in [1.82, 2.24) is 4.48 Å². The maximum absolute atomic E-state index is 12.5. The minimum absolute atomic E-state index is 0.239. The molecule has 1 aliphatic heterocycles. The van der Waals surface area contributed by atoms with Gasteiger partial charge in [0.15, 0.2) is 11.4 Å². The van der Waals surface area contributed by atoms with Crippen molar-refractivity contribution in [2.45, 2.75) is 26.4 Å². The molecule has 19 heavy (non-hydrogen) atoms. The third kappa shape index (κ3) is 2.19. The number of fused-ring (bicyclic) bond motifs is 1. The van der Waals surface area contributed by atoms with Crippen LogP contribution in [0.2, 0.25) is 0 Å². The minimum Gasteiger partial charge on any atom is -0.414 e. The number of likely N-dealkylation sites (N-methyl/N-ethyl adjacent to an activating group) is 1. The number of carbonyl (C=O) groups is 2. The van der Waals surface area contributed by atoms with Crippen LogP contribution in [0.25, 0.3) is 6.08 Å². The highest BCUT2D eigenvalue weighted by Gasteiger charge is 2.47. The molecular weight excluding hydrogens is 242 g/mol. The van der Waals surface area contributed by atoms with Crippen molar-refractivity contribution in [2.24, 2.45) is 0 Å². The Balaban J connectivity index is 2.49. The smallest absolute Gasteiger partial charge is 0.414 e. The van der Waals surface area contributed by atoms with E-state index in [2.05, 4.69) is 0 Å². The molecule has 0 saturated heterocycles. The Morgan fingerprint density at radius 2 is 1.89 bits per heavy atom. The Labute approximate surface area is 112 Å². The van der Waals surface area contributed by atoms with E-state index in [0.717, 1.165) is 11.3 Å². The van der Waals surface area contributed by atoms with Crippen LogP contribution >= 0.6 is 0 Å². The van der Waals surface area contributed by atoms with Gasteiger partial charge in [-0.15, -0.1) is 0 Å². The Bertz CT molecular complexity index is 569. The lowest BCUT2D eigenvalue weighted by atomic mass is 10.2. The summed E-state index contributed by atoms with van der Waals surface area (Å²) in [5, 5.41) is 0. The molecule has 1 heterocycles. The fourth-order valence-corrected chi connectivity index (χ4v) is 2.14. The van der Waals surface area contributed by atoms with Gasteiger partial charge in [-0.3, -0.25) is 4.79 Å². The van der Waals surface area contributed by atoms with E-state index in [-0.39, 0.29) is 4.48 Å². The lowest BCUT2D eigenvalue weighted by molar-refractivity contribution is -0.105. The van der Waals surface area contributed by atoms with Crippen molar-refractivity contribution in [2.75, 3.05) is 7.05 Å². The van der Waals surface area contributed by atoms with Crippen molar-refractivity contribution in [3.8, 4) is 0 Å². The number of rotatable bonds is 1. The summed E-state index contributed by atoms with van der Waals surface area (Å²) in [5.41, 5.74) is 1.43. The number of allylic oxidation sites excluding steroid dienone is 1.